The number of thiocarbonyl (C=S) groups is 1. The Kier molecular flexibility index (Phi) is 5.91. The van der Waals surface area contributed by atoms with Crippen LogP contribution in [-0.2, 0) is 14.3 Å². The molecule has 1 N–H and O–H groups in total. The van der Waals surface area contributed by atoms with Gasteiger partial charge in [-0.25, -0.2) is 0 Å². The SMILES string of the molecule is COC(=O)[C@H]1[C@@H]2[C@H](CCC[C@@H]2O)[C@H](OC(=S)SC)C[C@@H]1C. The summed E-state index contributed by atoms with van der Waals surface area (Å²) >= 11 is 6.61. The Balaban J connectivity index is 2.23. The van der Waals surface area contributed by atoms with Crippen molar-refractivity contribution in [1.82, 2.24) is 0 Å². The Bertz CT molecular complexity index is 401. The number of methoxy groups -OCH3 is 1. The van der Waals surface area contributed by atoms with E-state index in [0.29, 0.717) is 4.38 Å². The second-order valence-electron chi connectivity index (χ2n) is 6.11. The summed E-state index contributed by atoms with van der Waals surface area (Å²) in [6, 6.07) is 0. The maximum atomic E-state index is 12.2. The molecular formula is C15H24O4S2. The van der Waals surface area contributed by atoms with Crippen LogP contribution >= 0.6 is 24.0 Å². The quantitative estimate of drug-likeness (QED) is 0.620. The molecule has 0 aromatic rings. The predicted octanol–water partition coefficient (Wildman–Crippen LogP) is 2.63. The number of aliphatic hydroxyl groups is 1. The van der Waals surface area contributed by atoms with E-state index < -0.39 is 6.10 Å². The highest BCUT2D eigenvalue weighted by Gasteiger charge is 2.51. The molecule has 2 aliphatic carbocycles. The van der Waals surface area contributed by atoms with Crippen molar-refractivity contribution in [2.75, 3.05) is 13.4 Å². The lowest BCUT2D eigenvalue weighted by atomic mass is 9.59. The zero-order valence-corrected chi connectivity index (χ0v) is 14.4. The van der Waals surface area contributed by atoms with Crippen LogP contribution in [0.2, 0.25) is 0 Å². The lowest BCUT2D eigenvalue weighted by molar-refractivity contribution is -0.164. The fraction of sp³-hybridized carbons (Fsp3) is 0.867. The number of carbonyl (C=O) groups excluding carboxylic acids is 1. The molecule has 0 radical (unpaired) electrons. The first-order valence-electron chi connectivity index (χ1n) is 7.50. The lowest BCUT2D eigenvalue weighted by Crippen LogP contribution is -2.53. The molecule has 0 unspecified atom stereocenters. The molecule has 0 bridgehead atoms. The van der Waals surface area contributed by atoms with E-state index >= 15 is 0 Å². The first-order valence-corrected chi connectivity index (χ1v) is 9.13. The molecule has 0 aromatic carbocycles. The van der Waals surface area contributed by atoms with Crippen LogP contribution in [0.15, 0.2) is 0 Å². The molecule has 6 heteroatoms. The van der Waals surface area contributed by atoms with Gasteiger partial charge in [-0.05, 0) is 43.7 Å². The minimum atomic E-state index is -0.454. The second kappa shape index (κ2) is 7.29. The summed E-state index contributed by atoms with van der Waals surface area (Å²) in [4.78, 5) is 12.2. The maximum absolute atomic E-state index is 12.2. The highest BCUT2D eigenvalue weighted by atomic mass is 32.2. The van der Waals surface area contributed by atoms with Crippen molar-refractivity contribution in [1.29, 1.82) is 0 Å². The summed E-state index contributed by atoms with van der Waals surface area (Å²) in [6.07, 6.45) is 4.93. The monoisotopic (exact) mass is 332 g/mol. The zero-order valence-electron chi connectivity index (χ0n) is 12.8. The number of fused-ring (bicyclic) bond motifs is 1. The zero-order chi connectivity index (χ0) is 15.6. The minimum Gasteiger partial charge on any atom is -0.475 e. The van der Waals surface area contributed by atoms with Gasteiger partial charge in [-0.1, -0.05) is 25.1 Å². The van der Waals surface area contributed by atoms with Crippen molar-refractivity contribution in [3.05, 3.63) is 0 Å². The second-order valence-corrected chi connectivity index (χ2v) is 7.52. The van der Waals surface area contributed by atoms with Crippen molar-refractivity contribution < 1.29 is 19.4 Å². The van der Waals surface area contributed by atoms with Gasteiger partial charge in [0.25, 0.3) is 0 Å². The summed E-state index contributed by atoms with van der Waals surface area (Å²) in [5.41, 5.74) is 0. The molecule has 0 spiro atoms. The molecule has 0 aliphatic heterocycles. The predicted molar refractivity (Wildman–Crippen MR) is 87.1 cm³/mol. The van der Waals surface area contributed by atoms with Crippen molar-refractivity contribution in [3.63, 3.8) is 0 Å². The van der Waals surface area contributed by atoms with Gasteiger partial charge in [0.05, 0.1) is 19.1 Å². The number of ether oxygens (including phenoxy) is 2. The molecule has 2 aliphatic rings. The maximum Gasteiger partial charge on any atom is 0.309 e. The van der Waals surface area contributed by atoms with Gasteiger partial charge in [0.1, 0.15) is 6.10 Å². The fourth-order valence-corrected chi connectivity index (χ4v) is 4.42. The van der Waals surface area contributed by atoms with Crippen LogP contribution in [-0.4, -0.2) is 41.0 Å². The summed E-state index contributed by atoms with van der Waals surface area (Å²) in [7, 11) is 1.42. The van der Waals surface area contributed by atoms with E-state index in [9.17, 15) is 9.90 Å². The fourth-order valence-electron chi connectivity index (χ4n) is 4.07. The van der Waals surface area contributed by atoms with Crippen molar-refractivity contribution >= 4 is 34.3 Å². The van der Waals surface area contributed by atoms with Crippen LogP contribution in [0.1, 0.15) is 32.6 Å². The van der Waals surface area contributed by atoms with Gasteiger partial charge in [-0.15, -0.1) is 0 Å². The van der Waals surface area contributed by atoms with E-state index in [-0.39, 0.29) is 35.7 Å². The van der Waals surface area contributed by atoms with Crippen molar-refractivity contribution in [3.8, 4) is 0 Å². The molecule has 2 saturated carbocycles. The van der Waals surface area contributed by atoms with E-state index in [4.69, 9.17) is 21.7 Å². The molecule has 120 valence electrons. The first-order chi connectivity index (χ1) is 9.99. The first kappa shape index (κ1) is 17.0. The van der Waals surface area contributed by atoms with E-state index in [2.05, 4.69) is 0 Å². The molecule has 2 fully saturated rings. The van der Waals surface area contributed by atoms with Crippen LogP contribution in [0, 0.1) is 23.7 Å². The molecule has 2 rings (SSSR count). The van der Waals surface area contributed by atoms with Gasteiger partial charge >= 0.3 is 5.97 Å². The average molecular weight is 332 g/mol. The van der Waals surface area contributed by atoms with E-state index in [1.54, 1.807) is 0 Å². The third kappa shape index (κ3) is 3.54. The number of rotatable bonds is 2. The smallest absolute Gasteiger partial charge is 0.309 e. The van der Waals surface area contributed by atoms with Gasteiger partial charge in [-0.2, -0.15) is 0 Å². The van der Waals surface area contributed by atoms with Gasteiger partial charge in [0.15, 0.2) is 0 Å². The van der Waals surface area contributed by atoms with Gasteiger partial charge in [-0.3, -0.25) is 4.79 Å². The van der Waals surface area contributed by atoms with Gasteiger partial charge < -0.3 is 14.6 Å². The third-order valence-corrected chi connectivity index (χ3v) is 6.00. The summed E-state index contributed by atoms with van der Waals surface area (Å²) < 4.78 is 11.4. The summed E-state index contributed by atoms with van der Waals surface area (Å²) in [6.45, 7) is 2.04. The molecule has 0 heterocycles. The highest BCUT2D eigenvalue weighted by Crippen LogP contribution is 2.48. The van der Waals surface area contributed by atoms with Crippen LogP contribution in [0.25, 0.3) is 0 Å². The minimum absolute atomic E-state index is 0.000746. The molecule has 0 amide bonds. The van der Waals surface area contributed by atoms with E-state index in [1.165, 1.54) is 18.9 Å². The molecule has 21 heavy (non-hydrogen) atoms. The molecule has 6 atom stereocenters. The standard InChI is InChI=1S/C15H24O4S2/c1-8-7-11(19-15(20)21-3)9-5-4-6-10(16)13(9)12(8)14(17)18-2/h8-13,16H,4-7H2,1-3H3/t8-,9+,10-,11+,12+,13+/m0/s1. The average Bonchev–Trinajstić information content (AvgIpc) is 2.47. The van der Waals surface area contributed by atoms with E-state index in [1.807, 2.05) is 13.2 Å². The Labute approximate surface area is 136 Å². The number of thioether (sulfide) groups is 1. The van der Waals surface area contributed by atoms with Gasteiger partial charge in [0, 0.05) is 11.8 Å². The Morgan fingerprint density at radius 3 is 2.71 bits per heavy atom. The highest BCUT2D eigenvalue weighted by molar-refractivity contribution is 8.22. The Morgan fingerprint density at radius 1 is 1.38 bits per heavy atom. The van der Waals surface area contributed by atoms with Crippen LogP contribution < -0.4 is 0 Å². The molecule has 0 aromatic heterocycles. The Morgan fingerprint density at radius 2 is 2.10 bits per heavy atom. The number of esters is 1. The third-order valence-electron chi connectivity index (χ3n) is 4.97. The van der Waals surface area contributed by atoms with Crippen molar-refractivity contribution in [2.24, 2.45) is 23.7 Å². The normalized spacial score (nSPS) is 39.2. The number of hydrogen-bond acceptors (Lipinski definition) is 6. The van der Waals surface area contributed by atoms with Crippen LogP contribution in [0.4, 0.5) is 0 Å². The van der Waals surface area contributed by atoms with Crippen LogP contribution in [0.5, 0.6) is 0 Å². The number of aliphatic hydroxyl groups excluding tert-OH is 1. The summed E-state index contributed by atoms with van der Waals surface area (Å²) in [5, 5.41) is 10.4. The largest absolute Gasteiger partial charge is 0.475 e. The lowest BCUT2D eigenvalue weighted by Gasteiger charge is -2.49. The number of hydrogen-bond donors (Lipinski definition) is 1. The Hall–Kier alpha value is -0.330. The molecule has 4 nitrogen and oxygen atoms in total. The van der Waals surface area contributed by atoms with E-state index in [0.717, 1.165) is 25.7 Å². The molecule has 0 saturated heterocycles. The topological polar surface area (TPSA) is 55.8 Å². The van der Waals surface area contributed by atoms with Gasteiger partial charge in [0.2, 0.25) is 4.38 Å². The molecular weight excluding hydrogens is 308 g/mol. The summed E-state index contributed by atoms with van der Waals surface area (Å²) in [5.74, 6) is -0.216. The number of carbonyl (C=O) groups is 1. The van der Waals surface area contributed by atoms with Crippen molar-refractivity contribution in [2.45, 2.75) is 44.8 Å². The van der Waals surface area contributed by atoms with Crippen LogP contribution in [0.3, 0.4) is 0 Å².